The normalized spacial score (nSPS) is 10.9. The number of aliphatic carboxylic acids is 1. The van der Waals surface area contributed by atoms with Gasteiger partial charge in [-0.3, -0.25) is 4.79 Å². The van der Waals surface area contributed by atoms with Gasteiger partial charge in [0, 0.05) is 11.5 Å². The van der Waals surface area contributed by atoms with E-state index in [0.717, 1.165) is 16.8 Å². The van der Waals surface area contributed by atoms with Crippen LogP contribution in [0.3, 0.4) is 0 Å². The molecular weight excluding hydrogens is 270 g/mol. The van der Waals surface area contributed by atoms with Crippen molar-refractivity contribution >= 4 is 5.97 Å². The van der Waals surface area contributed by atoms with Gasteiger partial charge in [0.05, 0.1) is 13.0 Å². The minimum Gasteiger partial charge on any atom is -0.481 e. The Balaban J connectivity index is 2.29. The van der Waals surface area contributed by atoms with E-state index in [1.165, 1.54) is 0 Å². The molecule has 21 heavy (non-hydrogen) atoms. The minimum absolute atomic E-state index is 0.00725. The van der Waals surface area contributed by atoms with Crippen molar-refractivity contribution in [1.82, 2.24) is 4.98 Å². The quantitative estimate of drug-likeness (QED) is 0.881. The van der Waals surface area contributed by atoms with Crippen LogP contribution in [0.2, 0.25) is 0 Å². The Labute approximate surface area is 123 Å². The van der Waals surface area contributed by atoms with Crippen molar-refractivity contribution in [2.75, 3.05) is 6.61 Å². The Kier molecular flexibility index (Phi) is 4.62. The first-order valence-corrected chi connectivity index (χ1v) is 6.95. The second kappa shape index (κ2) is 6.43. The monoisotopic (exact) mass is 289 g/mol. The van der Waals surface area contributed by atoms with E-state index < -0.39 is 5.97 Å². The van der Waals surface area contributed by atoms with E-state index in [1.54, 1.807) is 12.1 Å². The van der Waals surface area contributed by atoms with Gasteiger partial charge >= 0.3 is 11.9 Å². The molecule has 1 heterocycles. The summed E-state index contributed by atoms with van der Waals surface area (Å²) in [5.74, 6) is 0.302. The molecule has 5 nitrogen and oxygen atoms in total. The maximum absolute atomic E-state index is 10.7. The smallest absolute Gasteiger partial charge is 0.309 e. The van der Waals surface area contributed by atoms with Crippen LogP contribution in [-0.4, -0.2) is 22.7 Å². The van der Waals surface area contributed by atoms with Gasteiger partial charge in [-0.15, -0.1) is 0 Å². The highest BCUT2D eigenvalue weighted by Gasteiger charge is 2.18. The Bertz CT molecular complexity index is 614. The van der Waals surface area contributed by atoms with Crippen LogP contribution >= 0.6 is 0 Å². The molecule has 0 amide bonds. The maximum atomic E-state index is 10.7. The summed E-state index contributed by atoms with van der Waals surface area (Å²) in [6.45, 7) is 6.47. The standard InChI is InChI=1S/C16H19NO4/c1-4-20-16-14(10(2)3)17-15(21-16)12-7-5-11(6-8-12)9-13(18)19/h5-8,10H,4,9H2,1-3H3,(H,18,19). The highest BCUT2D eigenvalue weighted by molar-refractivity contribution is 5.70. The van der Waals surface area contributed by atoms with Crippen LogP contribution in [0.25, 0.3) is 11.5 Å². The van der Waals surface area contributed by atoms with Gasteiger partial charge in [0.1, 0.15) is 5.69 Å². The summed E-state index contributed by atoms with van der Waals surface area (Å²) in [5.41, 5.74) is 2.34. The summed E-state index contributed by atoms with van der Waals surface area (Å²) in [5, 5.41) is 8.77. The predicted molar refractivity (Wildman–Crippen MR) is 78.5 cm³/mol. The van der Waals surface area contributed by atoms with Crippen molar-refractivity contribution in [3.05, 3.63) is 35.5 Å². The number of carbonyl (C=O) groups is 1. The molecule has 112 valence electrons. The third-order valence-electron chi connectivity index (χ3n) is 3.00. The number of nitrogens with zero attached hydrogens (tertiary/aromatic N) is 1. The van der Waals surface area contributed by atoms with Crippen molar-refractivity contribution in [3.8, 4) is 17.4 Å². The van der Waals surface area contributed by atoms with E-state index in [0.29, 0.717) is 18.4 Å². The van der Waals surface area contributed by atoms with Crippen LogP contribution in [0.15, 0.2) is 28.7 Å². The van der Waals surface area contributed by atoms with Gasteiger partial charge in [0.15, 0.2) is 0 Å². The highest BCUT2D eigenvalue weighted by atomic mass is 16.6. The Morgan fingerprint density at radius 2 is 2.00 bits per heavy atom. The molecule has 0 bridgehead atoms. The van der Waals surface area contributed by atoms with Gasteiger partial charge in [0.2, 0.25) is 5.89 Å². The van der Waals surface area contributed by atoms with Gasteiger partial charge in [-0.05, 0) is 24.6 Å². The van der Waals surface area contributed by atoms with E-state index in [1.807, 2.05) is 32.9 Å². The zero-order valence-electron chi connectivity index (χ0n) is 12.4. The SMILES string of the molecule is CCOc1oc(-c2ccc(CC(=O)O)cc2)nc1C(C)C. The van der Waals surface area contributed by atoms with Crippen LogP contribution in [0.4, 0.5) is 0 Å². The lowest BCUT2D eigenvalue weighted by Crippen LogP contribution is -1.99. The highest BCUT2D eigenvalue weighted by Crippen LogP contribution is 2.32. The molecule has 0 aliphatic carbocycles. The van der Waals surface area contributed by atoms with Gasteiger partial charge < -0.3 is 14.3 Å². The molecule has 0 fully saturated rings. The first kappa shape index (κ1) is 15.1. The average Bonchev–Trinajstić information content (AvgIpc) is 2.83. The molecule has 1 aromatic carbocycles. The predicted octanol–water partition coefficient (Wildman–Crippen LogP) is 3.49. The third-order valence-corrected chi connectivity index (χ3v) is 3.00. The van der Waals surface area contributed by atoms with E-state index in [-0.39, 0.29) is 12.3 Å². The molecule has 2 rings (SSSR count). The van der Waals surface area contributed by atoms with Crippen molar-refractivity contribution in [2.45, 2.75) is 33.1 Å². The summed E-state index contributed by atoms with van der Waals surface area (Å²) in [4.78, 5) is 15.2. The second-order valence-corrected chi connectivity index (χ2v) is 5.05. The van der Waals surface area contributed by atoms with Gasteiger partial charge in [0.25, 0.3) is 0 Å². The van der Waals surface area contributed by atoms with E-state index in [4.69, 9.17) is 14.3 Å². The maximum Gasteiger partial charge on any atom is 0.309 e. The van der Waals surface area contributed by atoms with Gasteiger partial charge in [-0.1, -0.05) is 26.0 Å². The van der Waals surface area contributed by atoms with Crippen molar-refractivity contribution in [2.24, 2.45) is 0 Å². The van der Waals surface area contributed by atoms with Gasteiger partial charge in [-0.25, -0.2) is 4.98 Å². The van der Waals surface area contributed by atoms with E-state index in [2.05, 4.69) is 4.98 Å². The first-order chi connectivity index (χ1) is 10.0. The zero-order valence-corrected chi connectivity index (χ0v) is 12.4. The molecule has 0 saturated heterocycles. The fraction of sp³-hybridized carbons (Fsp3) is 0.375. The third kappa shape index (κ3) is 3.62. The molecule has 0 saturated carbocycles. The molecule has 0 spiro atoms. The number of rotatable bonds is 6. The molecule has 0 aliphatic heterocycles. The number of carboxylic acid groups (broad SMARTS) is 1. The number of hydrogen-bond donors (Lipinski definition) is 1. The molecule has 5 heteroatoms. The fourth-order valence-electron chi connectivity index (χ4n) is 1.98. The molecule has 2 aromatic rings. The number of benzene rings is 1. The van der Waals surface area contributed by atoms with Crippen molar-refractivity contribution in [3.63, 3.8) is 0 Å². The van der Waals surface area contributed by atoms with Crippen LogP contribution in [0, 0.1) is 0 Å². The second-order valence-electron chi connectivity index (χ2n) is 5.05. The van der Waals surface area contributed by atoms with Gasteiger partial charge in [-0.2, -0.15) is 0 Å². The van der Waals surface area contributed by atoms with E-state index >= 15 is 0 Å². The molecule has 0 aliphatic rings. The van der Waals surface area contributed by atoms with Crippen molar-refractivity contribution < 1.29 is 19.1 Å². The number of ether oxygens (including phenoxy) is 1. The molecular formula is C16H19NO4. The Morgan fingerprint density at radius 1 is 1.33 bits per heavy atom. The molecule has 1 aromatic heterocycles. The summed E-state index contributed by atoms with van der Waals surface area (Å²) < 4.78 is 11.1. The average molecular weight is 289 g/mol. The molecule has 0 atom stereocenters. The van der Waals surface area contributed by atoms with Crippen LogP contribution in [0.5, 0.6) is 5.95 Å². The lowest BCUT2D eigenvalue weighted by atomic mass is 10.1. The van der Waals surface area contributed by atoms with Crippen molar-refractivity contribution in [1.29, 1.82) is 0 Å². The molecule has 0 radical (unpaired) electrons. The molecule has 1 N–H and O–H groups in total. The lowest BCUT2D eigenvalue weighted by molar-refractivity contribution is -0.136. The summed E-state index contributed by atoms with van der Waals surface area (Å²) in [7, 11) is 0. The number of carboxylic acids is 1. The fourth-order valence-corrected chi connectivity index (χ4v) is 1.98. The zero-order chi connectivity index (χ0) is 15.4. The topological polar surface area (TPSA) is 72.6 Å². The summed E-state index contributed by atoms with van der Waals surface area (Å²) in [6.07, 6.45) is 0.00725. The van der Waals surface area contributed by atoms with Crippen LogP contribution < -0.4 is 4.74 Å². The Morgan fingerprint density at radius 3 is 2.52 bits per heavy atom. The first-order valence-electron chi connectivity index (χ1n) is 6.95. The number of aromatic nitrogens is 1. The van der Waals surface area contributed by atoms with Crippen LogP contribution in [-0.2, 0) is 11.2 Å². The van der Waals surface area contributed by atoms with E-state index in [9.17, 15) is 4.79 Å². The largest absolute Gasteiger partial charge is 0.481 e. The number of hydrogen-bond acceptors (Lipinski definition) is 4. The molecule has 0 unspecified atom stereocenters. The summed E-state index contributed by atoms with van der Waals surface area (Å²) in [6, 6.07) is 7.15. The Hall–Kier alpha value is -2.30. The minimum atomic E-state index is -0.848. The van der Waals surface area contributed by atoms with Crippen LogP contribution in [0.1, 0.15) is 37.9 Å². The summed E-state index contributed by atoms with van der Waals surface area (Å²) >= 11 is 0. The lowest BCUT2D eigenvalue weighted by Gasteiger charge is -2.02. The number of oxazole rings is 1.